The molecule has 2 aromatic heterocycles. The van der Waals surface area contributed by atoms with E-state index in [0.29, 0.717) is 28.7 Å². The summed E-state index contributed by atoms with van der Waals surface area (Å²) in [5.74, 6) is -0.703. The monoisotopic (exact) mass is 464 g/mol. The Balaban J connectivity index is 1.42. The summed E-state index contributed by atoms with van der Waals surface area (Å²) < 4.78 is 4.97. The lowest BCUT2D eigenvalue weighted by Crippen LogP contribution is -2.12. The molecular formula is C23H20N4O3S2. The van der Waals surface area contributed by atoms with Crippen LogP contribution in [0.4, 0.5) is 11.4 Å². The minimum atomic E-state index is -0.431. The molecule has 0 atom stereocenters. The number of hydrogen-bond donors (Lipinski definition) is 2. The van der Waals surface area contributed by atoms with E-state index in [0.717, 1.165) is 21.8 Å². The number of carbonyl (C=O) groups is 2. The number of thiazole rings is 2. The number of esters is 1. The van der Waals surface area contributed by atoms with Crippen LogP contribution in [0.25, 0.3) is 21.1 Å². The Bertz CT molecular complexity index is 1230. The van der Waals surface area contributed by atoms with Gasteiger partial charge in [-0.2, -0.15) is 0 Å². The van der Waals surface area contributed by atoms with Crippen LogP contribution in [0, 0.1) is 0 Å². The molecular weight excluding hydrogens is 444 g/mol. The van der Waals surface area contributed by atoms with Gasteiger partial charge in [-0.25, -0.2) is 14.8 Å². The van der Waals surface area contributed by atoms with Crippen molar-refractivity contribution in [3.05, 3.63) is 70.7 Å². The topological polar surface area (TPSA) is 93.2 Å². The number of anilines is 2. The van der Waals surface area contributed by atoms with Gasteiger partial charge < -0.3 is 15.4 Å². The van der Waals surface area contributed by atoms with Gasteiger partial charge in [-0.15, -0.1) is 22.7 Å². The Kier molecular flexibility index (Phi) is 6.58. The fourth-order valence-electron chi connectivity index (χ4n) is 2.89. The van der Waals surface area contributed by atoms with Crippen molar-refractivity contribution in [3.63, 3.8) is 0 Å². The maximum atomic E-state index is 12.6. The summed E-state index contributed by atoms with van der Waals surface area (Å²) in [6.07, 6.45) is 0. The number of nitrogens with one attached hydrogen (secondary N) is 2. The Labute approximate surface area is 193 Å². The number of rotatable bonds is 7. The molecule has 0 unspecified atom stereocenters. The summed E-state index contributed by atoms with van der Waals surface area (Å²) in [5, 5.41) is 10.9. The van der Waals surface area contributed by atoms with Crippen LogP contribution < -0.4 is 10.6 Å². The molecule has 0 aliphatic carbocycles. The predicted octanol–water partition coefficient (Wildman–Crippen LogP) is 5.40. The largest absolute Gasteiger partial charge is 0.461 e. The number of benzene rings is 2. The van der Waals surface area contributed by atoms with E-state index in [1.54, 1.807) is 29.8 Å². The van der Waals surface area contributed by atoms with E-state index in [-0.39, 0.29) is 5.91 Å². The summed E-state index contributed by atoms with van der Waals surface area (Å²) in [4.78, 5) is 33.2. The molecule has 0 saturated carbocycles. The lowest BCUT2D eigenvalue weighted by Gasteiger charge is -2.04. The highest BCUT2D eigenvalue weighted by molar-refractivity contribution is 7.13. The van der Waals surface area contributed by atoms with E-state index in [1.807, 2.05) is 43.4 Å². The molecule has 7 nitrogen and oxygen atoms in total. The third-order valence-electron chi connectivity index (χ3n) is 4.54. The standard InChI is InChI=1S/C23H20N4O3S2/c1-3-30-23(29)19-13-32-22(27-19)15-6-10-17(11-7-15)25-20(28)18-12-31-21(26-18)14-4-8-16(24-2)9-5-14/h4-13,24H,3H2,1-2H3,(H,25,28). The van der Waals surface area contributed by atoms with Crippen LogP contribution in [0.5, 0.6) is 0 Å². The highest BCUT2D eigenvalue weighted by atomic mass is 32.1. The van der Waals surface area contributed by atoms with Gasteiger partial charge in [0, 0.05) is 40.3 Å². The number of aromatic nitrogens is 2. The second-order valence-electron chi connectivity index (χ2n) is 6.66. The zero-order valence-electron chi connectivity index (χ0n) is 17.4. The van der Waals surface area contributed by atoms with Gasteiger partial charge in [-0.1, -0.05) is 0 Å². The van der Waals surface area contributed by atoms with E-state index < -0.39 is 5.97 Å². The zero-order valence-corrected chi connectivity index (χ0v) is 19.0. The molecule has 2 N–H and O–H groups in total. The van der Waals surface area contributed by atoms with Gasteiger partial charge in [0.05, 0.1) is 6.61 Å². The first-order valence-corrected chi connectivity index (χ1v) is 11.6. The SMILES string of the molecule is CCOC(=O)c1csc(-c2ccc(NC(=O)c3csc(-c4ccc(NC)cc4)n3)cc2)n1. The molecule has 4 aromatic rings. The summed E-state index contributed by atoms with van der Waals surface area (Å²) in [7, 11) is 1.87. The number of nitrogens with zero attached hydrogens (tertiary/aromatic N) is 2. The van der Waals surface area contributed by atoms with Crippen molar-refractivity contribution < 1.29 is 14.3 Å². The van der Waals surface area contributed by atoms with Crippen molar-refractivity contribution in [2.45, 2.75) is 6.92 Å². The molecule has 0 aliphatic rings. The normalized spacial score (nSPS) is 10.6. The predicted molar refractivity (Wildman–Crippen MR) is 129 cm³/mol. The molecule has 4 rings (SSSR count). The smallest absolute Gasteiger partial charge is 0.357 e. The van der Waals surface area contributed by atoms with Gasteiger partial charge in [-0.3, -0.25) is 4.79 Å². The summed E-state index contributed by atoms with van der Waals surface area (Å²) in [6, 6.07) is 15.2. The third kappa shape index (κ3) is 4.84. The second kappa shape index (κ2) is 9.71. The van der Waals surface area contributed by atoms with E-state index >= 15 is 0 Å². The molecule has 0 fully saturated rings. The molecule has 0 bridgehead atoms. The first-order chi connectivity index (χ1) is 15.6. The number of ether oxygens (including phenoxy) is 1. The second-order valence-corrected chi connectivity index (χ2v) is 8.37. The van der Waals surface area contributed by atoms with Crippen LogP contribution in [0.15, 0.2) is 59.3 Å². The third-order valence-corrected chi connectivity index (χ3v) is 6.32. The minimum Gasteiger partial charge on any atom is -0.461 e. The molecule has 32 heavy (non-hydrogen) atoms. The van der Waals surface area contributed by atoms with Crippen molar-refractivity contribution in [3.8, 4) is 21.1 Å². The quantitative estimate of drug-likeness (QED) is 0.356. The molecule has 0 radical (unpaired) electrons. The van der Waals surface area contributed by atoms with Crippen LogP contribution in [0.3, 0.4) is 0 Å². The van der Waals surface area contributed by atoms with Crippen molar-refractivity contribution in [1.29, 1.82) is 0 Å². The van der Waals surface area contributed by atoms with Gasteiger partial charge in [0.2, 0.25) is 0 Å². The summed E-state index contributed by atoms with van der Waals surface area (Å²) in [5.41, 5.74) is 4.14. The highest BCUT2D eigenvalue weighted by Gasteiger charge is 2.14. The van der Waals surface area contributed by atoms with Crippen molar-refractivity contribution in [1.82, 2.24) is 9.97 Å². The van der Waals surface area contributed by atoms with E-state index in [2.05, 4.69) is 20.6 Å². The first kappa shape index (κ1) is 21.7. The lowest BCUT2D eigenvalue weighted by atomic mass is 10.2. The Morgan fingerprint density at radius 2 is 1.38 bits per heavy atom. The molecule has 0 aliphatic heterocycles. The van der Waals surface area contributed by atoms with Gasteiger partial charge in [0.25, 0.3) is 5.91 Å². The molecule has 9 heteroatoms. The first-order valence-electron chi connectivity index (χ1n) is 9.85. The Hall–Kier alpha value is -3.56. The Morgan fingerprint density at radius 1 is 0.844 bits per heavy atom. The van der Waals surface area contributed by atoms with E-state index in [9.17, 15) is 9.59 Å². The van der Waals surface area contributed by atoms with Gasteiger partial charge >= 0.3 is 5.97 Å². The summed E-state index contributed by atoms with van der Waals surface area (Å²) in [6.45, 7) is 2.06. The van der Waals surface area contributed by atoms with Crippen molar-refractivity contribution >= 4 is 45.9 Å². The summed E-state index contributed by atoms with van der Waals surface area (Å²) >= 11 is 2.79. The maximum Gasteiger partial charge on any atom is 0.357 e. The lowest BCUT2D eigenvalue weighted by molar-refractivity contribution is 0.0520. The average molecular weight is 465 g/mol. The molecule has 0 saturated heterocycles. The maximum absolute atomic E-state index is 12.6. The zero-order chi connectivity index (χ0) is 22.5. The molecule has 2 aromatic carbocycles. The van der Waals surface area contributed by atoms with Gasteiger partial charge in [0.1, 0.15) is 15.7 Å². The Morgan fingerprint density at radius 3 is 1.94 bits per heavy atom. The van der Waals surface area contributed by atoms with E-state index in [1.165, 1.54) is 22.7 Å². The van der Waals surface area contributed by atoms with Gasteiger partial charge in [-0.05, 0) is 55.5 Å². The molecule has 2 heterocycles. The van der Waals surface area contributed by atoms with Crippen molar-refractivity contribution in [2.75, 3.05) is 24.3 Å². The van der Waals surface area contributed by atoms with Crippen LogP contribution in [-0.2, 0) is 4.74 Å². The minimum absolute atomic E-state index is 0.272. The van der Waals surface area contributed by atoms with Crippen LogP contribution in [0.2, 0.25) is 0 Å². The van der Waals surface area contributed by atoms with Crippen LogP contribution in [-0.4, -0.2) is 35.5 Å². The fraction of sp³-hybridized carbons (Fsp3) is 0.130. The highest BCUT2D eigenvalue weighted by Crippen LogP contribution is 2.27. The average Bonchev–Trinajstić information content (AvgIpc) is 3.50. The molecule has 162 valence electrons. The number of hydrogen-bond acceptors (Lipinski definition) is 8. The van der Waals surface area contributed by atoms with Crippen LogP contribution >= 0.6 is 22.7 Å². The molecule has 0 spiro atoms. The van der Waals surface area contributed by atoms with Crippen LogP contribution in [0.1, 0.15) is 27.9 Å². The number of carbonyl (C=O) groups excluding carboxylic acids is 2. The van der Waals surface area contributed by atoms with E-state index in [4.69, 9.17) is 4.74 Å². The fourth-order valence-corrected chi connectivity index (χ4v) is 4.49. The molecule has 1 amide bonds. The van der Waals surface area contributed by atoms with Crippen molar-refractivity contribution in [2.24, 2.45) is 0 Å². The number of amides is 1. The van der Waals surface area contributed by atoms with Gasteiger partial charge in [0.15, 0.2) is 5.69 Å².